The molecule has 3 atom stereocenters. The van der Waals surface area contributed by atoms with Crippen LogP contribution in [0.2, 0.25) is 0 Å². The zero-order chi connectivity index (χ0) is 25.0. The zero-order valence-electron chi connectivity index (χ0n) is 20.6. The van der Waals surface area contributed by atoms with E-state index < -0.39 is 17.7 Å². The van der Waals surface area contributed by atoms with Crippen LogP contribution in [0, 0.1) is 0 Å². The molecule has 10 heteroatoms. The van der Waals surface area contributed by atoms with E-state index in [1.165, 1.54) is 0 Å². The fourth-order valence-electron chi connectivity index (χ4n) is 2.81. The second-order valence-corrected chi connectivity index (χ2v) is 9.19. The predicted octanol–water partition coefficient (Wildman–Crippen LogP) is 2.15. The highest BCUT2D eigenvalue weighted by atomic mass is 16.6. The number of hydrogen-bond acceptors (Lipinski definition) is 5. The van der Waals surface area contributed by atoms with Gasteiger partial charge in [-0.15, -0.1) is 0 Å². The molecule has 1 aromatic rings. The molecular weight excluding hydrogens is 424 g/mol. The molecule has 0 aliphatic rings. The van der Waals surface area contributed by atoms with Crippen LogP contribution in [0.25, 0.3) is 0 Å². The quantitative estimate of drug-likeness (QED) is 0.361. The van der Waals surface area contributed by atoms with Crippen LogP contribution in [0.15, 0.2) is 30.3 Å². The average Bonchev–Trinajstić information content (AvgIpc) is 2.73. The van der Waals surface area contributed by atoms with Crippen molar-refractivity contribution in [2.45, 2.75) is 71.8 Å². The van der Waals surface area contributed by atoms with Gasteiger partial charge >= 0.3 is 18.2 Å². The smallest absolute Gasteiger partial charge is 0.407 e. The van der Waals surface area contributed by atoms with Gasteiger partial charge in [0.1, 0.15) is 5.60 Å². The first-order chi connectivity index (χ1) is 15.4. The summed E-state index contributed by atoms with van der Waals surface area (Å²) < 4.78 is 5.19. The summed E-state index contributed by atoms with van der Waals surface area (Å²) in [5, 5.41) is 11.0. The number of hydrogen-bond donors (Lipinski definition) is 5. The topological polar surface area (TPSA) is 138 Å². The molecule has 186 valence electrons. The Morgan fingerprint density at radius 3 is 2.12 bits per heavy atom. The number of ether oxygens (including phenoxy) is 1. The minimum absolute atomic E-state index is 0.143. The van der Waals surface area contributed by atoms with E-state index in [0.29, 0.717) is 13.1 Å². The van der Waals surface area contributed by atoms with Crippen molar-refractivity contribution in [2.75, 3.05) is 19.6 Å². The van der Waals surface area contributed by atoms with Crippen LogP contribution in [0.1, 0.15) is 47.1 Å². The summed E-state index contributed by atoms with van der Waals surface area (Å²) in [7, 11) is 0. The van der Waals surface area contributed by atoms with Crippen LogP contribution >= 0.6 is 0 Å². The van der Waals surface area contributed by atoms with Crippen molar-refractivity contribution in [2.24, 2.45) is 5.73 Å². The number of nitrogens with one attached hydrogen (secondary N) is 4. The van der Waals surface area contributed by atoms with Crippen LogP contribution in [0.3, 0.4) is 0 Å². The van der Waals surface area contributed by atoms with E-state index in [2.05, 4.69) is 21.3 Å². The molecule has 0 aliphatic carbocycles. The van der Waals surface area contributed by atoms with Gasteiger partial charge in [-0.3, -0.25) is 0 Å². The number of benzene rings is 1. The summed E-state index contributed by atoms with van der Waals surface area (Å²) in [4.78, 5) is 38.3. The lowest BCUT2D eigenvalue weighted by Gasteiger charge is -2.29. The first kappa shape index (κ1) is 28.0. The Morgan fingerprint density at radius 1 is 0.970 bits per heavy atom. The third-order valence-electron chi connectivity index (χ3n) is 4.60. The molecule has 5 amide bonds. The highest BCUT2D eigenvalue weighted by Gasteiger charge is 2.21. The lowest BCUT2D eigenvalue weighted by atomic mass is 10.2. The van der Waals surface area contributed by atoms with Crippen LogP contribution in [0.4, 0.5) is 14.4 Å². The van der Waals surface area contributed by atoms with Crippen LogP contribution in [-0.2, 0) is 11.3 Å². The molecular formula is C23H40N6O4. The van der Waals surface area contributed by atoms with Gasteiger partial charge in [-0.1, -0.05) is 30.3 Å². The Labute approximate surface area is 197 Å². The average molecular weight is 465 g/mol. The molecule has 0 fully saturated rings. The fourth-order valence-corrected chi connectivity index (χ4v) is 2.81. The molecule has 0 saturated carbocycles. The Hall–Kier alpha value is -3.01. The minimum atomic E-state index is -0.590. The molecule has 1 aromatic carbocycles. The SMILES string of the molecule is CC(CNC(=O)N(Cc1ccccc1)C(C)CN)NC(=O)NCC(C)NC(=O)OC(C)(C)C. The summed E-state index contributed by atoms with van der Waals surface area (Å²) >= 11 is 0. The highest BCUT2D eigenvalue weighted by Crippen LogP contribution is 2.08. The second-order valence-electron chi connectivity index (χ2n) is 9.19. The molecule has 0 aromatic heterocycles. The maximum absolute atomic E-state index is 12.7. The number of rotatable bonds is 10. The van der Waals surface area contributed by atoms with E-state index >= 15 is 0 Å². The van der Waals surface area contributed by atoms with Crippen molar-refractivity contribution in [3.8, 4) is 0 Å². The standard InChI is InChI=1S/C23H40N6O4/c1-16(27-20(30)25-13-17(2)28-22(32)33-23(4,5)6)14-26-21(31)29(18(3)12-24)15-19-10-8-7-9-11-19/h7-11,16-18H,12-15,24H2,1-6H3,(H,26,31)(H,28,32)(H2,25,27,30). The van der Waals surface area contributed by atoms with Crippen molar-refractivity contribution in [1.29, 1.82) is 0 Å². The molecule has 1 rings (SSSR count). The van der Waals surface area contributed by atoms with Crippen molar-refractivity contribution in [3.05, 3.63) is 35.9 Å². The molecule has 0 bridgehead atoms. The Bertz CT molecular complexity index is 753. The van der Waals surface area contributed by atoms with Gasteiger partial charge in [-0.2, -0.15) is 0 Å². The highest BCUT2D eigenvalue weighted by molar-refractivity contribution is 5.76. The van der Waals surface area contributed by atoms with Gasteiger partial charge in [0.25, 0.3) is 0 Å². The molecule has 0 radical (unpaired) electrons. The van der Waals surface area contributed by atoms with E-state index in [1.807, 2.05) is 37.3 Å². The monoisotopic (exact) mass is 464 g/mol. The van der Waals surface area contributed by atoms with Crippen molar-refractivity contribution >= 4 is 18.2 Å². The molecule has 0 spiro atoms. The first-order valence-corrected chi connectivity index (χ1v) is 11.2. The third kappa shape index (κ3) is 12.0. The van der Waals surface area contributed by atoms with Gasteiger partial charge in [0.2, 0.25) is 0 Å². The van der Waals surface area contributed by atoms with Crippen LogP contribution in [0.5, 0.6) is 0 Å². The number of nitrogens with two attached hydrogens (primary N) is 1. The summed E-state index contributed by atoms with van der Waals surface area (Å²) in [5.74, 6) is 0. The molecule has 33 heavy (non-hydrogen) atoms. The molecule has 6 N–H and O–H groups in total. The number of urea groups is 2. The molecule has 3 unspecified atom stereocenters. The lowest BCUT2D eigenvalue weighted by Crippen LogP contribution is -2.52. The minimum Gasteiger partial charge on any atom is -0.444 e. The van der Waals surface area contributed by atoms with E-state index in [9.17, 15) is 14.4 Å². The summed E-state index contributed by atoms with van der Waals surface area (Å²) in [5.41, 5.74) is 6.20. The van der Waals surface area contributed by atoms with Gasteiger partial charge in [0.15, 0.2) is 0 Å². The van der Waals surface area contributed by atoms with Gasteiger partial charge in [0, 0.05) is 44.3 Å². The van der Waals surface area contributed by atoms with Gasteiger partial charge < -0.3 is 36.6 Å². The maximum atomic E-state index is 12.7. The summed E-state index contributed by atoms with van der Waals surface area (Å²) in [6, 6.07) is 8.27. The summed E-state index contributed by atoms with van der Waals surface area (Å²) in [6.45, 7) is 12.0. The Morgan fingerprint density at radius 2 is 1.55 bits per heavy atom. The largest absolute Gasteiger partial charge is 0.444 e. The predicted molar refractivity (Wildman–Crippen MR) is 129 cm³/mol. The number of carbonyl (C=O) groups is 3. The second kappa shape index (κ2) is 13.5. The van der Waals surface area contributed by atoms with Crippen molar-refractivity contribution in [1.82, 2.24) is 26.2 Å². The van der Waals surface area contributed by atoms with Crippen molar-refractivity contribution in [3.63, 3.8) is 0 Å². The van der Waals surface area contributed by atoms with Crippen LogP contribution < -0.4 is 27.0 Å². The number of carbonyl (C=O) groups excluding carboxylic acids is 3. The third-order valence-corrected chi connectivity index (χ3v) is 4.60. The Kier molecular flexibility index (Phi) is 11.5. The summed E-state index contributed by atoms with van der Waals surface area (Å²) in [6.07, 6.45) is -0.542. The van der Waals surface area contributed by atoms with Crippen LogP contribution in [-0.4, -0.2) is 66.4 Å². The number of amides is 5. The molecule has 10 nitrogen and oxygen atoms in total. The molecule has 0 aliphatic heterocycles. The molecule has 0 heterocycles. The van der Waals surface area contributed by atoms with Gasteiger partial charge in [-0.05, 0) is 47.1 Å². The van der Waals surface area contributed by atoms with E-state index in [-0.39, 0.29) is 37.2 Å². The number of nitrogens with zero attached hydrogens (tertiary/aromatic N) is 1. The lowest BCUT2D eigenvalue weighted by molar-refractivity contribution is 0.0508. The first-order valence-electron chi connectivity index (χ1n) is 11.2. The van der Waals surface area contributed by atoms with Gasteiger partial charge in [-0.25, -0.2) is 14.4 Å². The zero-order valence-corrected chi connectivity index (χ0v) is 20.6. The van der Waals surface area contributed by atoms with Crippen molar-refractivity contribution < 1.29 is 19.1 Å². The van der Waals surface area contributed by atoms with E-state index in [1.54, 1.807) is 39.5 Å². The maximum Gasteiger partial charge on any atom is 0.407 e. The van der Waals surface area contributed by atoms with Gasteiger partial charge in [0.05, 0.1) is 0 Å². The normalized spacial score (nSPS) is 13.8. The number of alkyl carbamates (subject to hydrolysis) is 1. The van der Waals surface area contributed by atoms with E-state index in [4.69, 9.17) is 10.5 Å². The van der Waals surface area contributed by atoms with E-state index in [0.717, 1.165) is 5.56 Å². The molecule has 0 saturated heterocycles. The Balaban J connectivity index is 2.42. The fraction of sp³-hybridized carbons (Fsp3) is 0.609.